The molecule has 1 saturated heterocycles. The molecule has 0 aliphatic carbocycles. The third kappa shape index (κ3) is 4.16. The molecule has 2 heterocycles. The van der Waals surface area contributed by atoms with E-state index in [0.29, 0.717) is 13.0 Å². The summed E-state index contributed by atoms with van der Waals surface area (Å²) in [7, 11) is -3.45. The molecule has 21 heavy (non-hydrogen) atoms. The molecule has 1 unspecified atom stereocenters. The summed E-state index contributed by atoms with van der Waals surface area (Å²) in [5.74, 6) is -0.0975. The quantitative estimate of drug-likeness (QED) is 0.849. The standard InChI is InChI=1S/C13H20N2O4S2/c1-13(2,3)19-12(16)15-7-4-5-10(15)9-21(17,18)11-14-6-8-20-11/h6,8,10H,4-5,7,9H2,1-3H3. The maximum Gasteiger partial charge on any atom is 0.410 e. The number of sulfone groups is 1. The molecule has 0 bridgehead atoms. The molecule has 1 aliphatic heterocycles. The van der Waals surface area contributed by atoms with Gasteiger partial charge in [-0.2, -0.15) is 0 Å². The van der Waals surface area contributed by atoms with Crippen LogP contribution in [0.15, 0.2) is 15.9 Å². The van der Waals surface area contributed by atoms with Crippen LogP contribution in [0.5, 0.6) is 0 Å². The Morgan fingerprint density at radius 3 is 2.81 bits per heavy atom. The minimum absolute atomic E-state index is 0.0975. The zero-order chi connectivity index (χ0) is 15.7. The molecule has 1 amide bonds. The second kappa shape index (κ2) is 5.92. The average Bonchev–Trinajstić information content (AvgIpc) is 2.95. The highest BCUT2D eigenvalue weighted by Crippen LogP contribution is 2.24. The molecule has 1 aromatic heterocycles. The fraction of sp³-hybridized carbons (Fsp3) is 0.692. The topological polar surface area (TPSA) is 76.6 Å². The summed E-state index contributed by atoms with van der Waals surface area (Å²) in [6.45, 7) is 5.92. The van der Waals surface area contributed by atoms with Gasteiger partial charge < -0.3 is 9.64 Å². The van der Waals surface area contributed by atoms with Crippen LogP contribution in [0.2, 0.25) is 0 Å². The Labute approximate surface area is 129 Å². The molecule has 118 valence electrons. The van der Waals surface area contributed by atoms with Crippen molar-refractivity contribution in [1.82, 2.24) is 9.88 Å². The van der Waals surface area contributed by atoms with Gasteiger partial charge in [0.25, 0.3) is 0 Å². The fourth-order valence-electron chi connectivity index (χ4n) is 2.26. The van der Waals surface area contributed by atoms with Gasteiger partial charge in [-0.25, -0.2) is 18.2 Å². The van der Waals surface area contributed by atoms with Gasteiger partial charge in [0.1, 0.15) is 5.60 Å². The largest absolute Gasteiger partial charge is 0.444 e. The van der Waals surface area contributed by atoms with Gasteiger partial charge in [-0.15, -0.1) is 11.3 Å². The number of hydrogen-bond donors (Lipinski definition) is 0. The van der Waals surface area contributed by atoms with Gasteiger partial charge >= 0.3 is 6.09 Å². The summed E-state index contributed by atoms with van der Waals surface area (Å²) >= 11 is 1.10. The SMILES string of the molecule is CC(C)(C)OC(=O)N1CCCC1CS(=O)(=O)c1nccs1. The number of hydrogen-bond acceptors (Lipinski definition) is 6. The van der Waals surface area contributed by atoms with Crippen LogP contribution in [0.1, 0.15) is 33.6 Å². The van der Waals surface area contributed by atoms with Crippen LogP contribution in [0.3, 0.4) is 0 Å². The molecule has 1 aliphatic rings. The second-order valence-corrected chi connectivity index (χ2v) is 9.15. The number of carbonyl (C=O) groups is 1. The predicted octanol–water partition coefficient (Wildman–Crippen LogP) is 2.32. The number of amides is 1. The molecule has 0 saturated carbocycles. The highest BCUT2D eigenvalue weighted by molar-refractivity contribution is 7.93. The van der Waals surface area contributed by atoms with Crippen LogP contribution in [-0.2, 0) is 14.6 Å². The normalized spacial score (nSPS) is 19.8. The Balaban J connectivity index is 2.08. The van der Waals surface area contributed by atoms with Crippen LogP contribution < -0.4 is 0 Å². The lowest BCUT2D eigenvalue weighted by molar-refractivity contribution is 0.0241. The molecule has 1 atom stereocenters. The zero-order valence-corrected chi connectivity index (χ0v) is 14.0. The van der Waals surface area contributed by atoms with Crippen molar-refractivity contribution in [3.8, 4) is 0 Å². The molecule has 0 N–H and O–H groups in total. The van der Waals surface area contributed by atoms with Gasteiger partial charge in [0.2, 0.25) is 14.2 Å². The van der Waals surface area contributed by atoms with Crippen molar-refractivity contribution in [1.29, 1.82) is 0 Å². The van der Waals surface area contributed by atoms with Crippen LogP contribution in [0.25, 0.3) is 0 Å². The Bertz CT molecular complexity index is 590. The minimum Gasteiger partial charge on any atom is -0.444 e. The van der Waals surface area contributed by atoms with Gasteiger partial charge in [0.15, 0.2) is 0 Å². The lowest BCUT2D eigenvalue weighted by Gasteiger charge is -2.28. The number of carbonyl (C=O) groups excluding carboxylic acids is 1. The Hall–Kier alpha value is -1.15. The Morgan fingerprint density at radius 2 is 2.24 bits per heavy atom. The monoisotopic (exact) mass is 332 g/mol. The smallest absolute Gasteiger partial charge is 0.410 e. The number of likely N-dealkylation sites (tertiary alicyclic amines) is 1. The van der Waals surface area contributed by atoms with E-state index in [0.717, 1.165) is 17.8 Å². The lowest BCUT2D eigenvalue weighted by atomic mass is 10.2. The first-order valence-corrected chi connectivity index (χ1v) is 9.34. The van der Waals surface area contributed by atoms with Crippen LogP contribution in [-0.4, -0.2) is 48.3 Å². The fourth-order valence-corrected chi connectivity index (χ4v) is 4.79. The first kappa shape index (κ1) is 16.2. The number of aromatic nitrogens is 1. The third-order valence-electron chi connectivity index (χ3n) is 3.09. The lowest BCUT2D eigenvalue weighted by Crippen LogP contribution is -2.42. The van der Waals surface area contributed by atoms with Crippen molar-refractivity contribution in [2.75, 3.05) is 12.3 Å². The van der Waals surface area contributed by atoms with Crippen molar-refractivity contribution in [2.45, 2.75) is 49.6 Å². The zero-order valence-electron chi connectivity index (χ0n) is 12.4. The summed E-state index contributed by atoms with van der Waals surface area (Å²) in [5, 5.41) is 1.63. The predicted molar refractivity (Wildman–Crippen MR) is 80.1 cm³/mol. The number of nitrogens with zero attached hydrogens (tertiary/aromatic N) is 2. The van der Waals surface area contributed by atoms with Gasteiger partial charge in [0.05, 0.1) is 5.75 Å². The Kier molecular flexibility index (Phi) is 4.57. The van der Waals surface area contributed by atoms with E-state index in [1.165, 1.54) is 11.1 Å². The molecule has 1 aromatic rings. The molecule has 8 heteroatoms. The van der Waals surface area contributed by atoms with Gasteiger partial charge in [-0.3, -0.25) is 0 Å². The minimum atomic E-state index is -3.45. The molecule has 0 aromatic carbocycles. The highest BCUT2D eigenvalue weighted by atomic mass is 32.2. The summed E-state index contributed by atoms with van der Waals surface area (Å²) < 4.78 is 30.0. The van der Waals surface area contributed by atoms with E-state index in [2.05, 4.69) is 4.98 Å². The number of thiazole rings is 1. The second-order valence-electron chi connectivity index (χ2n) is 6.05. The number of ether oxygens (including phenoxy) is 1. The van der Waals surface area contributed by atoms with Crippen LogP contribution >= 0.6 is 11.3 Å². The molecule has 1 fully saturated rings. The van der Waals surface area contributed by atoms with Gasteiger partial charge in [-0.05, 0) is 33.6 Å². The van der Waals surface area contributed by atoms with E-state index in [9.17, 15) is 13.2 Å². The van der Waals surface area contributed by atoms with Crippen molar-refractivity contribution in [3.05, 3.63) is 11.6 Å². The van der Waals surface area contributed by atoms with Crippen molar-refractivity contribution < 1.29 is 17.9 Å². The first-order valence-electron chi connectivity index (χ1n) is 6.81. The van der Waals surface area contributed by atoms with Crippen molar-refractivity contribution >= 4 is 27.3 Å². The van der Waals surface area contributed by atoms with E-state index >= 15 is 0 Å². The average molecular weight is 332 g/mol. The van der Waals surface area contributed by atoms with E-state index in [1.807, 2.05) is 0 Å². The summed E-state index contributed by atoms with van der Waals surface area (Å²) in [6, 6.07) is -0.339. The molecule has 0 radical (unpaired) electrons. The summed E-state index contributed by atoms with van der Waals surface area (Å²) in [5.41, 5.74) is -0.585. The molecular weight excluding hydrogens is 312 g/mol. The maximum atomic E-state index is 12.3. The van der Waals surface area contributed by atoms with Gasteiger partial charge in [0, 0.05) is 24.2 Å². The first-order chi connectivity index (χ1) is 9.69. The third-order valence-corrected chi connectivity index (χ3v) is 6.17. The maximum absolute atomic E-state index is 12.3. The van der Waals surface area contributed by atoms with E-state index < -0.39 is 21.5 Å². The summed E-state index contributed by atoms with van der Waals surface area (Å²) in [4.78, 5) is 17.5. The highest BCUT2D eigenvalue weighted by Gasteiger charge is 2.36. The number of rotatable bonds is 3. The van der Waals surface area contributed by atoms with Crippen LogP contribution in [0.4, 0.5) is 4.79 Å². The summed E-state index contributed by atoms with van der Waals surface area (Å²) in [6.07, 6.45) is 2.48. The van der Waals surface area contributed by atoms with E-state index in [-0.39, 0.29) is 16.1 Å². The van der Waals surface area contributed by atoms with E-state index in [4.69, 9.17) is 4.74 Å². The van der Waals surface area contributed by atoms with Gasteiger partial charge in [-0.1, -0.05) is 0 Å². The molecular formula is C13H20N2O4S2. The molecule has 2 rings (SSSR count). The van der Waals surface area contributed by atoms with Crippen molar-refractivity contribution in [3.63, 3.8) is 0 Å². The van der Waals surface area contributed by atoms with E-state index in [1.54, 1.807) is 26.2 Å². The Morgan fingerprint density at radius 1 is 1.52 bits per heavy atom. The van der Waals surface area contributed by atoms with Crippen molar-refractivity contribution in [2.24, 2.45) is 0 Å². The van der Waals surface area contributed by atoms with Crippen LogP contribution in [0, 0.1) is 0 Å². The molecule has 6 nitrogen and oxygen atoms in total. The molecule has 0 spiro atoms.